The lowest BCUT2D eigenvalue weighted by Gasteiger charge is -2.21. The van der Waals surface area contributed by atoms with Crippen LogP contribution in [-0.4, -0.2) is 35.0 Å². The first-order chi connectivity index (χ1) is 9.52. The summed E-state index contributed by atoms with van der Waals surface area (Å²) in [5, 5.41) is 8.71. The summed E-state index contributed by atoms with van der Waals surface area (Å²) in [7, 11) is 0. The number of amides is 1. The molecule has 0 atom stereocenters. The van der Waals surface area contributed by atoms with Gasteiger partial charge in [-0.05, 0) is 25.3 Å². The van der Waals surface area contributed by atoms with Gasteiger partial charge in [-0.25, -0.2) is 0 Å². The average molecular weight is 277 g/mol. The quantitative estimate of drug-likeness (QED) is 0.794. The SMILES string of the molecule is CCCN(CCC(=O)O)C(=O)CCc1ccc(C)cc1. The van der Waals surface area contributed by atoms with Gasteiger partial charge in [-0.15, -0.1) is 0 Å². The summed E-state index contributed by atoms with van der Waals surface area (Å²) in [5.74, 6) is -0.828. The van der Waals surface area contributed by atoms with Crippen LogP contribution in [0.3, 0.4) is 0 Å². The van der Waals surface area contributed by atoms with Crippen LogP contribution >= 0.6 is 0 Å². The average Bonchev–Trinajstić information content (AvgIpc) is 2.42. The zero-order valence-electron chi connectivity index (χ0n) is 12.3. The summed E-state index contributed by atoms with van der Waals surface area (Å²) in [6, 6.07) is 8.14. The lowest BCUT2D eigenvalue weighted by atomic mass is 10.1. The molecule has 0 saturated heterocycles. The maximum absolute atomic E-state index is 12.1. The zero-order chi connectivity index (χ0) is 15.0. The van der Waals surface area contributed by atoms with Crippen LogP contribution in [0, 0.1) is 6.92 Å². The van der Waals surface area contributed by atoms with Crippen molar-refractivity contribution in [2.45, 2.75) is 39.5 Å². The number of aryl methyl sites for hydroxylation is 2. The Labute approximate surface area is 120 Å². The highest BCUT2D eigenvalue weighted by atomic mass is 16.4. The summed E-state index contributed by atoms with van der Waals surface area (Å²) in [6.07, 6.45) is 1.99. The largest absolute Gasteiger partial charge is 0.481 e. The molecule has 20 heavy (non-hydrogen) atoms. The number of carboxylic acids is 1. The van der Waals surface area contributed by atoms with Gasteiger partial charge in [0.25, 0.3) is 0 Å². The summed E-state index contributed by atoms with van der Waals surface area (Å²) in [5.41, 5.74) is 2.34. The van der Waals surface area contributed by atoms with E-state index in [-0.39, 0.29) is 12.3 Å². The molecule has 0 spiro atoms. The molecule has 1 aromatic rings. The first-order valence-corrected chi connectivity index (χ1v) is 7.08. The van der Waals surface area contributed by atoms with Crippen LogP contribution in [0.2, 0.25) is 0 Å². The lowest BCUT2D eigenvalue weighted by Crippen LogP contribution is -2.33. The van der Waals surface area contributed by atoms with Crippen molar-refractivity contribution in [3.8, 4) is 0 Å². The number of carbonyl (C=O) groups excluding carboxylic acids is 1. The fourth-order valence-corrected chi connectivity index (χ4v) is 2.03. The van der Waals surface area contributed by atoms with Crippen LogP contribution in [-0.2, 0) is 16.0 Å². The Bertz CT molecular complexity index is 440. The molecule has 110 valence electrons. The predicted molar refractivity (Wildman–Crippen MR) is 78.6 cm³/mol. The van der Waals surface area contributed by atoms with Crippen molar-refractivity contribution in [2.24, 2.45) is 0 Å². The van der Waals surface area contributed by atoms with Crippen LogP contribution in [0.5, 0.6) is 0 Å². The van der Waals surface area contributed by atoms with Crippen molar-refractivity contribution in [3.05, 3.63) is 35.4 Å². The molecule has 1 amide bonds. The van der Waals surface area contributed by atoms with Crippen molar-refractivity contribution < 1.29 is 14.7 Å². The Balaban J connectivity index is 2.48. The van der Waals surface area contributed by atoms with Gasteiger partial charge in [-0.1, -0.05) is 36.8 Å². The van der Waals surface area contributed by atoms with Crippen LogP contribution in [0.1, 0.15) is 37.3 Å². The topological polar surface area (TPSA) is 57.6 Å². The molecule has 0 aromatic heterocycles. The molecule has 0 aliphatic rings. The Morgan fingerprint density at radius 2 is 1.75 bits per heavy atom. The van der Waals surface area contributed by atoms with Crippen LogP contribution in [0.15, 0.2) is 24.3 Å². The van der Waals surface area contributed by atoms with E-state index in [1.54, 1.807) is 4.90 Å². The molecule has 1 rings (SSSR count). The van der Waals surface area contributed by atoms with Crippen molar-refractivity contribution in [1.29, 1.82) is 0 Å². The fourth-order valence-electron chi connectivity index (χ4n) is 2.03. The third-order valence-electron chi connectivity index (χ3n) is 3.19. The number of carboxylic acid groups (broad SMARTS) is 1. The molecule has 4 heteroatoms. The van der Waals surface area contributed by atoms with E-state index in [1.165, 1.54) is 5.56 Å². The highest BCUT2D eigenvalue weighted by Gasteiger charge is 2.13. The van der Waals surface area contributed by atoms with Crippen LogP contribution < -0.4 is 0 Å². The van der Waals surface area contributed by atoms with Crippen molar-refractivity contribution in [1.82, 2.24) is 4.90 Å². The predicted octanol–water partition coefficient (Wildman–Crippen LogP) is 2.64. The third kappa shape index (κ3) is 5.87. The summed E-state index contributed by atoms with van der Waals surface area (Å²) in [4.78, 5) is 24.4. The van der Waals surface area contributed by atoms with Gasteiger partial charge in [0, 0.05) is 19.5 Å². The van der Waals surface area contributed by atoms with Gasteiger partial charge < -0.3 is 10.0 Å². The van der Waals surface area contributed by atoms with Gasteiger partial charge >= 0.3 is 5.97 Å². The number of benzene rings is 1. The third-order valence-corrected chi connectivity index (χ3v) is 3.19. The van der Waals surface area contributed by atoms with E-state index < -0.39 is 5.97 Å². The van der Waals surface area contributed by atoms with E-state index >= 15 is 0 Å². The highest BCUT2D eigenvalue weighted by molar-refractivity contribution is 5.77. The van der Waals surface area contributed by atoms with Crippen LogP contribution in [0.4, 0.5) is 0 Å². The Morgan fingerprint density at radius 1 is 1.10 bits per heavy atom. The maximum atomic E-state index is 12.1. The Hall–Kier alpha value is -1.84. The van der Waals surface area contributed by atoms with Gasteiger partial charge in [0.15, 0.2) is 0 Å². The van der Waals surface area contributed by atoms with Gasteiger partial charge in [0.2, 0.25) is 5.91 Å². The zero-order valence-corrected chi connectivity index (χ0v) is 12.3. The van der Waals surface area contributed by atoms with Gasteiger partial charge in [-0.2, -0.15) is 0 Å². The second-order valence-corrected chi connectivity index (χ2v) is 5.01. The van der Waals surface area contributed by atoms with Crippen molar-refractivity contribution >= 4 is 11.9 Å². The lowest BCUT2D eigenvalue weighted by molar-refractivity contribution is -0.138. The summed E-state index contributed by atoms with van der Waals surface area (Å²) in [6.45, 7) is 4.95. The number of carbonyl (C=O) groups is 2. The molecular formula is C16H23NO3. The van der Waals surface area contributed by atoms with E-state index in [0.29, 0.717) is 25.9 Å². The van der Waals surface area contributed by atoms with Crippen molar-refractivity contribution in [3.63, 3.8) is 0 Å². The molecule has 4 nitrogen and oxygen atoms in total. The molecule has 0 bridgehead atoms. The molecule has 0 saturated carbocycles. The van der Waals surface area contributed by atoms with E-state index in [1.807, 2.05) is 38.1 Å². The van der Waals surface area contributed by atoms with Gasteiger partial charge in [-0.3, -0.25) is 9.59 Å². The molecule has 1 N–H and O–H groups in total. The number of hydrogen-bond donors (Lipinski definition) is 1. The number of aliphatic carboxylic acids is 1. The number of rotatable bonds is 8. The smallest absolute Gasteiger partial charge is 0.305 e. The Morgan fingerprint density at radius 3 is 2.30 bits per heavy atom. The van der Waals surface area contributed by atoms with E-state index in [4.69, 9.17) is 5.11 Å². The van der Waals surface area contributed by atoms with Crippen molar-refractivity contribution in [2.75, 3.05) is 13.1 Å². The fraction of sp³-hybridized carbons (Fsp3) is 0.500. The van der Waals surface area contributed by atoms with Gasteiger partial charge in [0.1, 0.15) is 0 Å². The monoisotopic (exact) mass is 277 g/mol. The van der Waals surface area contributed by atoms with Gasteiger partial charge in [0.05, 0.1) is 6.42 Å². The minimum atomic E-state index is -0.863. The second kappa shape index (κ2) is 8.35. The first-order valence-electron chi connectivity index (χ1n) is 7.08. The molecule has 0 radical (unpaired) electrons. The van der Waals surface area contributed by atoms with E-state index in [9.17, 15) is 9.59 Å². The maximum Gasteiger partial charge on any atom is 0.305 e. The number of nitrogens with zero attached hydrogens (tertiary/aromatic N) is 1. The molecular weight excluding hydrogens is 254 g/mol. The minimum absolute atomic E-state index is 0.0102. The van der Waals surface area contributed by atoms with E-state index in [0.717, 1.165) is 12.0 Å². The number of hydrogen-bond acceptors (Lipinski definition) is 2. The molecule has 0 aliphatic carbocycles. The molecule has 0 fully saturated rings. The molecule has 1 aromatic carbocycles. The molecule has 0 aliphatic heterocycles. The Kier molecular flexibility index (Phi) is 6.77. The molecule has 0 unspecified atom stereocenters. The van der Waals surface area contributed by atoms with Crippen LogP contribution in [0.25, 0.3) is 0 Å². The minimum Gasteiger partial charge on any atom is -0.481 e. The summed E-state index contributed by atoms with van der Waals surface area (Å²) < 4.78 is 0. The van der Waals surface area contributed by atoms with E-state index in [2.05, 4.69) is 0 Å². The molecule has 0 heterocycles. The highest BCUT2D eigenvalue weighted by Crippen LogP contribution is 2.08. The standard InChI is InChI=1S/C16H23NO3/c1-3-11-17(12-10-16(19)20)15(18)9-8-14-6-4-13(2)5-7-14/h4-7H,3,8-12H2,1-2H3,(H,19,20). The second-order valence-electron chi connectivity index (χ2n) is 5.01. The summed E-state index contributed by atoms with van der Waals surface area (Å²) >= 11 is 0. The first kappa shape index (κ1) is 16.2. The normalized spacial score (nSPS) is 10.3.